The summed E-state index contributed by atoms with van der Waals surface area (Å²) < 4.78 is 21.3. The summed E-state index contributed by atoms with van der Waals surface area (Å²) in [5, 5.41) is 0.408. The van der Waals surface area contributed by atoms with Gasteiger partial charge in [-0.15, -0.1) is 0 Å². The van der Waals surface area contributed by atoms with E-state index in [2.05, 4.69) is 9.97 Å². The number of hydrogen-bond donors (Lipinski definition) is 2. The normalized spacial score (nSPS) is 10.7. The Labute approximate surface area is 182 Å². The van der Waals surface area contributed by atoms with Gasteiger partial charge in [-0.2, -0.15) is 0 Å². The average Bonchev–Trinajstić information content (AvgIpc) is 3.18. The molecule has 0 aliphatic heterocycles. The lowest BCUT2D eigenvalue weighted by atomic mass is 10.2. The molecule has 0 spiro atoms. The fourth-order valence-corrected chi connectivity index (χ4v) is 3.26. The summed E-state index contributed by atoms with van der Waals surface area (Å²) in [6, 6.07) is 15.6. The number of ether oxygens (including phenoxy) is 4. The molecule has 9 heteroatoms. The second kappa shape index (κ2) is 8.45. The van der Waals surface area contributed by atoms with Crippen LogP contribution in [0.5, 0.6) is 28.7 Å². The molecule has 1 heterocycles. The van der Waals surface area contributed by atoms with Crippen molar-refractivity contribution < 1.29 is 23.7 Å². The van der Waals surface area contributed by atoms with Crippen LogP contribution in [0.3, 0.4) is 0 Å². The Hall–Kier alpha value is -3.91. The fourth-order valence-electron chi connectivity index (χ4n) is 3.04. The van der Waals surface area contributed by atoms with Crippen molar-refractivity contribution in [2.45, 2.75) is 0 Å². The summed E-state index contributed by atoms with van der Waals surface area (Å²) in [7, 11) is 3.12. The quantitative estimate of drug-likeness (QED) is 0.430. The van der Waals surface area contributed by atoms with E-state index in [1.807, 2.05) is 6.07 Å². The Morgan fingerprint density at radius 1 is 0.935 bits per heavy atom. The van der Waals surface area contributed by atoms with E-state index in [-0.39, 0.29) is 0 Å². The van der Waals surface area contributed by atoms with Crippen LogP contribution in [0.1, 0.15) is 0 Å². The number of aromatic amines is 1. The smallest absolute Gasteiger partial charge is 0.409 e. The van der Waals surface area contributed by atoms with Gasteiger partial charge in [0.15, 0.2) is 11.5 Å². The van der Waals surface area contributed by atoms with Gasteiger partial charge in [-0.3, -0.25) is 0 Å². The van der Waals surface area contributed by atoms with Gasteiger partial charge in [0.1, 0.15) is 23.1 Å². The van der Waals surface area contributed by atoms with Crippen LogP contribution >= 0.6 is 11.6 Å². The topological polar surface area (TPSA) is 109 Å². The van der Waals surface area contributed by atoms with Gasteiger partial charge in [-0.05, 0) is 42.5 Å². The van der Waals surface area contributed by atoms with Crippen LogP contribution in [-0.2, 0) is 0 Å². The highest BCUT2D eigenvalue weighted by Gasteiger charge is 2.12. The van der Waals surface area contributed by atoms with Crippen LogP contribution in [-0.4, -0.2) is 30.3 Å². The Morgan fingerprint density at radius 2 is 1.68 bits per heavy atom. The molecule has 0 aliphatic rings. The Morgan fingerprint density at radius 3 is 2.39 bits per heavy atom. The van der Waals surface area contributed by atoms with Gasteiger partial charge < -0.3 is 29.7 Å². The summed E-state index contributed by atoms with van der Waals surface area (Å²) in [6.07, 6.45) is -0.882. The minimum atomic E-state index is -0.882. The van der Waals surface area contributed by atoms with Crippen LogP contribution in [0.4, 0.5) is 4.79 Å². The lowest BCUT2D eigenvalue weighted by molar-refractivity contribution is 0.211. The first kappa shape index (κ1) is 20.4. The lowest BCUT2D eigenvalue weighted by Crippen LogP contribution is -2.16. The van der Waals surface area contributed by atoms with E-state index in [0.717, 1.165) is 11.1 Å². The number of amides is 1. The van der Waals surface area contributed by atoms with Crippen molar-refractivity contribution >= 4 is 28.7 Å². The van der Waals surface area contributed by atoms with Crippen molar-refractivity contribution in [1.29, 1.82) is 0 Å². The Balaban J connectivity index is 1.59. The zero-order chi connectivity index (χ0) is 22.0. The standard InChI is InChI=1S/C22H18ClN3O5/c1-28-19-8-5-14(11-20(19)29-2)30-18-7-3-12(9-15(18)23)21-25-16-6-4-13(31-22(24)27)10-17(16)26-21/h3-11H,1-2H3,(H2,24,27)(H,25,26). The average molecular weight is 440 g/mol. The van der Waals surface area contributed by atoms with Crippen LogP contribution in [0, 0.1) is 0 Å². The molecule has 1 amide bonds. The third-order valence-corrected chi connectivity index (χ3v) is 4.76. The van der Waals surface area contributed by atoms with Gasteiger partial charge in [0.25, 0.3) is 0 Å². The second-order valence-electron chi connectivity index (χ2n) is 6.45. The lowest BCUT2D eigenvalue weighted by Gasteiger charge is -2.12. The van der Waals surface area contributed by atoms with Gasteiger partial charge in [0.05, 0.1) is 30.3 Å². The molecule has 0 aliphatic carbocycles. The molecule has 8 nitrogen and oxygen atoms in total. The maximum atomic E-state index is 10.9. The number of carbonyl (C=O) groups excluding carboxylic acids is 1. The van der Waals surface area contributed by atoms with E-state index < -0.39 is 6.09 Å². The first-order valence-corrected chi connectivity index (χ1v) is 9.51. The molecule has 0 bridgehead atoms. The van der Waals surface area contributed by atoms with Crippen LogP contribution in [0.2, 0.25) is 5.02 Å². The predicted octanol–water partition coefficient (Wildman–Crippen LogP) is 5.15. The monoisotopic (exact) mass is 439 g/mol. The molecule has 0 saturated heterocycles. The van der Waals surface area contributed by atoms with E-state index in [1.165, 1.54) is 0 Å². The molecule has 1 aromatic heterocycles. The van der Waals surface area contributed by atoms with E-state index in [0.29, 0.717) is 45.1 Å². The number of nitrogens with two attached hydrogens (primary N) is 1. The molecule has 4 aromatic rings. The summed E-state index contributed by atoms with van der Waals surface area (Å²) in [4.78, 5) is 18.7. The van der Waals surface area contributed by atoms with Crippen molar-refractivity contribution in [3.8, 4) is 40.1 Å². The number of aromatic nitrogens is 2. The zero-order valence-electron chi connectivity index (χ0n) is 16.6. The first-order valence-electron chi connectivity index (χ1n) is 9.13. The van der Waals surface area contributed by atoms with Crippen molar-refractivity contribution in [2.24, 2.45) is 5.73 Å². The molecule has 31 heavy (non-hydrogen) atoms. The Kier molecular flexibility index (Phi) is 5.55. The number of halogens is 1. The predicted molar refractivity (Wildman–Crippen MR) is 116 cm³/mol. The number of methoxy groups -OCH3 is 2. The molecule has 3 N–H and O–H groups in total. The van der Waals surface area contributed by atoms with Crippen molar-refractivity contribution in [2.75, 3.05) is 14.2 Å². The van der Waals surface area contributed by atoms with Crippen LogP contribution in [0.25, 0.3) is 22.4 Å². The van der Waals surface area contributed by atoms with Gasteiger partial charge >= 0.3 is 6.09 Å². The highest BCUT2D eigenvalue weighted by atomic mass is 35.5. The molecular formula is C22H18ClN3O5. The van der Waals surface area contributed by atoms with E-state index in [4.69, 9.17) is 36.3 Å². The number of primary amides is 1. The summed E-state index contributed by atoms with van der Waals surface area (Å²) >= 11 is 6.45. The van der Waals surface area contributed by atoms with E-state index in [1.54, 1.807) is 62.8 Å². The molecule has 0 saturated carbocycles. The van der Waals surface area contributed by atoms with Crippen LogP contribution in [0.15, 0.2) is 54.6 Å². The number of nitrogens with zero attached hydrogens (tertiary/aromatic N) is 1. The molecule has 158 valence electrons. The number of nitrogens with one attached hydrogen (secondary N) is 1. The minimum absolute atomic E-state index is 0.315. The van der Waals surface area contributed by atoms with E-state index >= 15 is 0 Å². The highest BCUT2D eigenvalue weighted by molar-refractivity contribution is 6.32. The van der Waals surface area contributed by atoms with Gasteiger partial charge in [-0.25, -0.2) is 9.78 Å². The van der Waals surface area contributed by atoms with Crippen molar-refractivity contribution in [1.82, 2.24) is 9.97 Å². The minimum Gasteiger partial charge on any atom is -0.493 e. The number of imidazole rings is 1. The molecule has 0 atom stereocenters. The van der Waals surface area contributed by atoms with E-state index in [9.17, 15) is 4.79 Å². The maximum absolute atomic E-state index is 10.9. The third-order valence-electron chi connectivity index (χ3n) is 4.46. The molecule has 3 aromatic carbocycles. The maximum Gasteiger partial charge on any atom is 0.409 e. The third kappa shape index (κ3) is 4.34. The number of rotatable bonds is 6. The molecular weight excluding hydrogens is 422 g/mol. The Bertz CT molecular complexity index is 1270. The number of carbonyl (C=O) groups is 1. The van der Waals surface area contributed by atoms with Gasteiger partial charge in [0, 0.05) is 17.7 Å². The van der Waals surface area contributed by atoms with Gasteiger partial charge in [0.2, 0.25) is 0 Å². The number of hydrogen-bond acceptors (Lipinski definition) is 6. The molecule has 0 radical (unpaired) electrons. The zero-order valence-corrected chi connectivity index (χ0v) is 17.4. The van der Waals surface area contributed by atoms with Gasteiger partial charge in [-0.1, -0.05) is 11.6 Å². The summed E-state index contributed by atoms with van der Waals surface area (Å²) in [5.74, 6) is 3.10. The fraction of sp³-hybridized carbons (Fsp3) is 0.0909. The molecule has 0 fully saturated rings. The van der Waals surface area contributed by atoms with Crippen molar-refractivity contribution in [3.05, 3.63) is 59.6 Å². The van der Waals surface area contributed by atoms with Crippen molar-refractivity contribution in [3.63, 3.8) is 0 Å². The highest BCUT2D eigenvalue weighted by Crippen LogP contribution is 2.37. The molecule has 0 unspecified atom stereocenters. The molecule has 4 rings (SSSR count). The number of H-pyrrole nitrogens is 1. The number of fused-ring (bicyclic) bond motifs is 1. The SMILES string of the molecule is COc1ccc(Oc2ccc(-c3nc4cc(OC(N)=O)ccc4[nH]3)cc2Cl)cc1OC. The van der Waals surface area contributed by atoms with Crippen LogP contribution < -0.4 is 24.7 Å². The number of benzene rings is 3. The first-order chi connectivity index (χ1) is 15.0. The second-order valence-corrected chi connectivity index (χ2v) is 6.86. The summed E-state index contributed by atoms with van der Waals surface area (Å²) in [6.45, 7) is 0. The largest absolute Gasteiger partial charge is 0.493 e. The summed E-state index contributed by atoms with van der Waals surface area (Å²) in [5.41, 5.74) is 7.21.